The average Bonchev–Trinajstić information content (AvgIpc) is 2.84. The van der Waals surface area contributed by atoms with Gasteiger partial charge in [0.15, 0.2) is 17.2 Å². The molecule has 0 saturated heterocycles. The van der Waals surface area contributed by atoms with Crippen LogP contribution in [-0.4, -0.2) is 35.3 Å². The Kier molecular flexibility index (Phi) is 8.01. The molecule has 0 aliphatic heterocycles. The normalized spacial score (nSPS) is 10.6. The predicted octanol–water partition coefficient (Wildman–Crippen LogP) is 3.07. The van der Waals surface area contributed by atoms with Crippen LogP contribution >= 0.6 is 0 Å². The van der Waals surface area contributed by atoms with E-state index >= 15 is 0 Å². The Morgan fingerprint density at radius 2 is 1.70 bits per heavy atom. The highest BCUT2D eigenvalue weighted by atomic mass is 16.5. The van der Waals surface area contributed by atoms with E-state index in [2.05, 4.69) is 22.9 Å². The van der Waals surface area contributed by atoms with E-state index < -0.39 is 11.8 Å². The van der Waals surface area contributed by atoms with E-state index in [1.807, 2.05) is 6.92 Å². The first-order valence-electron chi connectivity index (χ1n) is 10.9. The number of ether oxygens (including phenoxy) is 2. The number of hydrogen-bond acceptors (Lipinski definition) is 6. The van der Waals surface area contributed by atoms with Crippen LogP contribution in [0, 0.1) is 0 Å². The number of carbonyl (C=O) groups excluding carboxylic acids is 2. The van der Waals surface area contributed by atoms with Crippen molar-refractivity contribution in [2.75, 3.05) is 13.7 Å². The Balaban J connectivity index is 1.81. The van der Waals surface area contributed by atoms with E-state index in [0.29, 0.717) is 35.4 Å². The molecule has 174 valence electrons. The van der Waals surface area contributed by atoms with Crippen LogP contribution in [-0.2, 0) is 6.54 Å². The average molecular weight is 453 g/mol. The SMILES string of the molecule is CCCCCn1nc(C(=O)NNC(=O)c2ccc(OCC)c(OC)c2)c2ccccc2c1=O. The number of nitrogens with one attached hydrogen (secondary N) is 2. The van der Waals surface area contributed by atoms with Gasteiger partial charge in [-0.05, 0) is 37.6 Å². The van der Waals surface area contributed by atoms with Gasteiger partial charge in [-0.1, -0.05) is 38.0 Å². The van der Waals surface area contributed by atoms with Gasteiger partial charge in [0.05, 0.1) is 19.1 Å². The molecule has 0 aliphatic carbocycles. The van der Waals surface area contributed by atoms with Gasteiger partial charge in [0, 0.05) is 17.5 Å². The molecule has 2 N–H and O–H groups in total. The quantitative estimate of drug-likeness (QED) is 0.381. The number of fused-ring (bicyclic) bond motifs is 1. The molecule has 2 amide bonds. The Hall–Kier alpha value is -3.88. The fraction of sp³-hybridized carbons (Fsp3) is 0.333. The van der Waals surface area contributed by atoms with Gasteiger partial charge < -0.3 is 9.47 Å². The number of amides is 2. The minimum Gasteiger partial charge on any atom is -0.493 e. The first-order chi connectivity index (χ1) is 16.0. The van der Waals surface area contributed by atoms with E-state index in [1.165, 1.54) is 17.9 Å². The van der Waals surface area contributed by atoms with E-state index in [9.17, 15) is 14.4 Å². The molecule has 33 heavy (non-hydrogen) atoms. The Bertz CT molecular complexity index is 1210. The highest BCUT2D eigenvalue weighted by Gasteiger charge is 2.18. The van der Waals surface area contributed by atoms with Crippen LogP contribution in [0.5, 0.6) is 11.5 Å². The number of hydrogen-bond donors (Lipinski definition) is 2. The van der Waals surface area contributed by atoms with Crippen molar-refractivity contribution in [1.82, 2.24) is 20.6 Å². The van der Waals surface area contributed by atoms with E-state index in [4.69, 9.17) is 9.47 Å². The smallest absolute Gasteiger partial charge is 0.290 e. The molecule has 3 rings (SSSR count). The lowest BCUT2D eigenvalue weighted by Gasteiger charge is -2.13. The van der Waals surface area contributed by atoms with Crippen molar-refractivity contribution in [3.8, 4) is 11.5 Å². The van der Waals surface area contributed by atoms with E-state index in [1.54, 1.807) is 36.4 Å². The third kappa shape index (κ3) is 5.49. The molecule has 0 unspecified atom stereocenters. The number of hydrazine groups is 1. The Labute approximate surface area is 191 Å². The molecule has 0 aliphatic rings. The maximum absolute atomic E-state index is 12.9. The number of aryl methyl sites for hydroxylation is 1. The monoisotopic (exact) mass is 452 g/mol. The second-order valence-electron chi connectivity index (χ2n) is 7.34. The molecule has 1 aromatic heterocycles. The maximum atomic E-state index is 12.9. The molecule has 9 nitrogen and oxygen atoms in total. The zero-order valence-corrected chi connectivity index (χ0v) is 19.0. The highest BCUT2D eigenvalue weighted by Crippen LogP contribution is 2.27. The zero-order valence-electron chi connectivity index (χ0n) is 19.0. The van der Waals surface area contributed by atoms with Crippen LogP contribution < -0.4 is 25.9 Å². The van der Waals surface area contributed by atoms with Crippen LogP contribution in [0.25, 0.3) is 10.8 Å². The number of methoxy groups -OCH3 is 1. The van der Waals surface area contributed by atoms with Gasteiger partial charge in [-0.2, -0.15) is 5.10 Å². The first kappa shape index (κ1) is 23.8. The molecule has 2 aromatic carbocycles. The number of benzene rings is 2. The molecule has 0 atom stereocenters. The number of rotatable bonds is 9. The minimum absolute atomic E-state index is 0.0614. The molecular formula is C24H28N4O5. The second kappa shape index (κ2) is 11.1. The van der Waals surface area contributed by atoms with Gasteiger partial charge in [0.2, 0.25) is 0 Å². The number of unbranched alkanes of at least 4 members (excludes halogenated alkanes) is 2. The van der Waals surface area contributed by atoms with Crippen molar-refractivity contribution in [2.24, 2.45) is 0 Å². The van der Waals surface area contributed by atoms with Crippen LogP contribution in [0.15, 0.2) is 47.3 Å². The fourth-order valence-corrected chi connectivity index (χ4v) is 3.39. The Morgan fingerprint density at radius 1 is 0.970 bits per heavy atom. The summed E-state index contributed by atoms with van der Waals surface area (Å²) in [5.41, 5.74) is 4.87. The van der Waals surface area contributed by atoms with Crippen molar-refractivity contribution in [1.29, 1.82) is 0 Å². The van der Waals surface area contributed by atoms with Crippen molar-refractivity contribution in [3.63, 3.8) is 0 Å². The van der Waals surface area contributed by atoms with Crippen molar-refractivity contribution in [3.05, 3.63) is 64.1 Å². The summed E-state index contributed by atoms with van der Waals surface area (Å²) >= 11 is 0. The zero-order chi connectivity index (χ0) is 23.8. The topological polar surface area (TPSA) is 112 Å². The molecule has 0 fully saturated rings. The first-order valence-corrected chi connectivity index (χ1v) is 10.9. The van der Waals surface area contributed by atoms with E-state index in [-0.39, 0.29) is 16.8 Å². The summed E-state index contributed by atoms with van der Waals surface area (Å²) in [4.78, 5) is 38.2. The van der Waals surface area contributed by atoms with Gasteiger partial charge in [-0.3, -0.25) is 25.2 Å². The summed E-state index contributed by atoms with van der Waals surface area (Å²) in [5.74, 6) is -0.240. The van der Waals surface area contributed by atoms with Gasteiger partial charge in [0.25, 0.3) is 17.4 Å². The lowest BCUT2D eigenvalue weighted by Crippen LogP contribution is -2.42. The highest BCUT2D eigenvalue weighted by molar-refractivity contribution is 6.06. The summed E-state index contributed by atoms with van der Waals surface area (Å²) < 4.78 is 12.0. The third-order valence-corrected chi connectivity index (χ3v) is 5.07. The van der Waals surface area contributed by atoms with E-state index in [0.717, 1.165) is 19.3 Å². The summed E-state index contributed by atoms with van der Waals surface area (Å²) in [5, 5.41) is 5.11. The van der Waals surface area contributed by atoms with Crippen LogP contribution in [0.1, 0.15) is 54.0 Å². The summed E-state index contributed by atoms with van der Waals surface area (Å²) in [6, 6.07) is 11.5. The number of aromatic nitrogens is 2. The number of nitrogens with zero attached hydrogens (tertiary/aromatic N) is 2. The van der Waals surface area contributed by atoms with Gasteiger partial charge in [-0.15, -0.1) is 0 Å². The van der Waals surface area contributed by atoms with Gasteiger partial charge >= 0.3 is 0 Å². The lowest BCUT2D eigenvalue weighted by atomic mass is 10.1. The summed E-state index contributed by atoms with van der Waals surface area (Å²) in [7, 11) is 1.48. The largest absolute Gasteiger partial charge is 0.493 e. The van der Waals surface area contributed by atoms with Crippen molar-refractivity contribution < 1.29 is 19.1 Å². The van der Waals surface area contributed by atoms with Gasteiger partial charge in [0.1, 0.15) is 0 Å². The molecular weight excluding hydrogens is 424 g/mol. The van der Waals surface area contributed by atoms with Crippen molar-refractivity contribution in [2.45, 2.75) is 39.7 Å². The standard InChI is InChI=1S/C24H28N4O5/c1-4-6-9-14-28-24(31)18-11-8-7-10-17(18)21(27-28)23(30)26-25-22(29)16-12-13-19(33-5-2)20(15-16)32-3/h7-8,10-13,15H,4-6,9,14H2,1-3H3,(H,25,29)(H,26,30). The molecule has 9 heteroatoms. The molecule has 0 saturated carbocycles. The lowest BCUT2D eigenvalue weighted by molar-refractivity contribution is 0.0843. The van der Waals surface area contributed by atoms with Crippen LogP contribution in [0.3, 0.4) is 0 Å². The van der Waals surface area contributed by atoms with Crippen LogP contribution in [0.2, 0.25) is 0 Å². The molecule has 0 spiro atoms. The molecule has 3 aromatic rings. The molecule has 1 heterocycles. The fourth-order valence-electron chi connectivity index (χ4n) is 3.39. The third-order valence-electron chi connectivity index (χ3n) is 5.07. The minimum atomic E-state index is -0.623. The number of carbonyl (C=O) groups is 2. The van der Waals surface area contributed by atoms with Crippen LogP contribution in [0.4, 0.5) is 0 Å². The molecule has 0 bridgehead atoms. The summed E-state index contributed by atoms with van der Waals surface area (Å²) in [6.07, 6.45) is 2.72. The Morgan fingerprint density at radius 3 is 2.39 bits per heavy atom. The van der Waals surface area contributed by atoms with Gasteiger partial charge in [-0.25, -0.2) is 4.68 Å². The maximum Gasteiger partial charge on any atom is 0.290 e. The molecule has 0 radical (unpaired) electrons. The second-order valence-corrected chi connectivity index (χ2v) is 7.34. The summed E-state index contributed by atoms with van der Waals surface area (Å²) in [6.45, 7) is 4.79. The van der Waals surface area contributed by atoms with Crippen molar-refractivity contribution >= 4 is 22.6 Å². The predicted molar refractivity (Wildman–Crippen MR) is 125 cm³/mol.